The van der Waals surface area contributed by atoms with Crippen molar-refractivity contribution in [3.63, 3.8) is 0 Å². The monoisotopic (exact) mass is 730 g/mol. The smallest absolute Gasteiger partial charge is 0.266 e. The van der Waals surface area contributed by atoms with Crippen molar-refractivity contribution < 1.29 is 19.2 Å². The second kappa shape index (κ2) is 13.3. The van der Waals surface area contributed by atoms with Gasteiger partial charge in [-0.2, -0.15) is 0 Å². The SMILES string of the molecule is CC(C)Sc1cc(N2C(=O)c3ccc(-c4ccc(N)cc4)cc3C2=O)c(SC(C)C)c(S)c1N1C(=O)c2ccc(-c3ccc(N)cc3)cc2C1=O. The normalized spacial score (nSPS) is 13.9. The van der Waals surface area contributed by atoms with E-state index >= 15 is 0 Å². The molecule has 11 heteroatoms. The zero-order valence-corrected chi connectivity index (χ0v) is 30.8. The van der Waals surface area contributed by atoms with Crippen LogP contribution in [0.25, 0.3) is 22.3 Å². The minimum Gasteiger partial charge on any atom is -0.399 e. The average Bonchev–Trinajstić information content (AvgIpc) is 3.49. The largest absolute Gasteiger partial charge is 0.399 e. The van der Waals surface area contributed by atoms with Gasteiger partial charge in [0.25, 0.3) is 23.6 Å². The van der Waals surface area contributed by atoms with Crippen molar-refractivity contribution in [3.05, 3.63) is 113 Å². The maximum atomic E-state index is 14.2. The van der Waals surface area contributed by atoms with Crippen LogP contribution in [0.1, 0.15) is 69.1 Å². The number of imide groups is 2. The van der Waals surface area contributed by atoms with Crippen LogP contribution < -0.4 is 21.3 Å². The van der Waals surface area contributed by atoms with Crippen LogP contribution in [-0.4, -0.2) is 34.1 Å². The van der Waals surface area contributed by atoms with Gasteiger partial charge in [-0.25, -0.2) is 9.80 Å². The van der Waals surface area contributed by atoms with E-state index in [1.54, 1.807) is 54.6 Å². The number of hydrogen-bond donors (Lipinski definition) is 3. The van der Waals surface area contributed by atoms with E-state index in [4.69, 9.17) is 24.1 Å². The highest BCUT2D eigenvalue weighted by Gasteiger charge is 2.43. The standard InChI is InChI=1S/C40H34N4O4S3/c1-20(2)50-33-19-32(43-37(45)28-15-9-24(17-30(28)39(43)47)22-5-11-26(41)12-6-22)36(51-21(3)4)35(49)34(33)44-38(46)29-16-10-25(18-31(29)40(44)48)23-7-13-27(42)14-8-23/h5-21,49H,41-42H2,1-4H3. The van der Waals surface area contributed by atoms with Crippen molar-refractivity contribution in [2.24, 2.45) is 0 Å². The quantitative estimate of drug-likeness (QED) is 0.0625. The number of nitrogens with two attached hydrogens (primary N) is 2. The van der Waals surface area contributed by atoms with Gasteiger partial charge in [0.15, 0.2) is 0 Å². The number of nitrogens with zero attached hydrogens (tertiary/aromatic N) is 2. The van der Waals surface area contributed by atoms with Gasteiger partial charge >= 0.3 is 0 Å². The van der Waals surface area contributed by atoms with E-state index in [2.05, 4.69) is 0 Å². The van der Waals surface area contributed by atoms with Gasteiger partial charge in [-0.1, -0.05) is 64.1 Å². The van der Waals surface area contributed by atoms with Crippen LogP contribution in [0, 0.1) is 0 Å². The lowest BCUT2D eigenvalue weighted by atomic mass is 10.00. The summed E-state index contributed by atoms with van der Waals surface area (Å²) in [7, 11) is 0. The summed E-state index contributed by atoms with van der Waals surface area (Å²) in [6.07, 6.45) is 0. The first-order valence-electron chi connectivity index (χ1n) is 16.3. The molecule has 256 valence electrons. The molecule has 7 rings (SSSR count). The van der Waals surface area contributed by atoms with Gasteiger partial charge in [-0.05, 0) is 76.9 Å². The predicted molar refractivity (Wildman–Crippen MR) is 211 cm³/mol. The first-order chi connectivity index (χ1) is 24.3. The maximum absolute atomic E-state index is 14.2. The number of benzene rings is 5. The number of thiol groups is 1. The van der Waals surface area contributed by atoms with Crippen molar-refractivity contribution in [3.8, 4) is 22.3 Å². The molecule has 4 amide bonds. The predicted octanol–water partition coefficient (Wildman–Crippen LogP) is 9.08. The van der Waals surface area contributed by atoms with Crippen molar-refractivity contribution in [2.45, 2.75) is 52.9 Å². The first kappa shape index (κ1) is 34.5. The molecule has 0 aromatic heterocycles. The number of carbonyl (C=O) groups excluding carboxylic acids is 4. The Morgan fingerprint density at radius 2 is 0.941 bits per heavy atom. The van der Waals surface area contributed by atoms with Crippen LogP contribution in [0.3, 0.4) is 0 Å². The van der Waals surface area contributed by atoms with Gasteiger partial charge in [-0.3, -0.25) is 19.2 Å². The van der Waals surface area contributed by atoms with Crippen LogP contribution in [0.2, 0.25) is 0 Å². The van der Waals surface area contributed by atoms with E-state index in [1.807, 2.05) is 64.1 Å². The second-order valence-electron chi connectivity index (χ2n) is 12.9. The van der Waals surface area contributed by atoms with E-state index in [9.17, 15) is 19.2 Å². The molecule has 0 radical (unpaired) electrons. The highest BCUT2D eigenvalue weighted by molar-refractivity contribution is 8.00. The van der Waals surface area contributed by atoms with Gasteiger partial charge in [-0.15, -0.1) is 36.2 Å². The van der Waals surface area contributed by atoms with E-state index in [0.717, 1.165) is 22.3 Å². The number of carbonyl (C=O) groups is 4. The van der Waals surface area contributed by atoms with E-state index < -0.39 is 23.6 Å². The molecular formula is C40H34N4O4S3. The lowest BCUT2D eigenvalue weighted by molar-refractivity contribution is 0.0907. The number of amides is 4. The summed E-state index contributed by atoms with van der Waals surface area (Å²) in [5.74, 6) is -1.86. The van der Waals surface area contributed by atoms with Crippen LogP contribution >= 0.6 is 36.2 Å². The molecule has 0 saturated heterocycles. The number of hydrogen-bond acceptors (Lipinski definition) is 9. The van der Waals surface area contributed by atoms with Crippen LogP contribution in [0.5, 0.6) is 0 Å². The Hall–Kier alpha value is -4.97. The lowest BCUT2D eigenvalue weighted by Crippen LogP contribution is -2.32. The number of anilines is 4. The van der Waals surface area contributed by atoms with Crippen molar-refractivity contribution in [1.29, 1.82) is 0 Å². The van der Waals surface area contributed by atoms with Crippen molar-refractivity contribution in [2.75, 3.05) is 21.3 Å². The molecule has 0 bridgehead atoms. The number of nitrogen functional groups attached to an aromatic ring is 2. The molecule has 2 heterocycles. The van der Waals surface area contributed by atoms with Crippen LogP contribution in [-0.2, 0) is 0 Å². The van der Waals surface area contributed by atoms with E-state index in [-0.39, 0.29) is 27.2 Å². The Balaban J connectivity index is 1.34. The third kappa shape index (κ3) is 6.09. The first-order valence-corrected chi connectivity index (χ1v) is 18.6. The molecule has 8 nitrogen and oxygen atoms in total. The molecule has 0 atom stereocenters. The number of fused-ring (bicyclic) bond motifs is 2. The lowest BCUT2D eigenvalue weighted by Gasteiger charge is -2.27. The molecule has 51 heavy (non-hydrogen) atoms. The Morgan fingerprint density at radius 3 is 1.41 bits per heavy atom. The summed E-state index contributed by atoms with van der Waals surface area (Å²) in [5.41, 5.74) is 18.1. The minimum absolute atomic E-state index is 0.00282. The highest BCUT2D eigenvalue weighted by atomic mass is 32.2. The third-order valence-corrected chi connectivity index (χ3v) is 11.4. The van der Waals surface area contributed by atoms with Gasteiger partial charge < -0.3 is 11.5 Å². The maximum Gasteiger partial charge on any atom is 0.266 e. The average molecular weight is 731 g/mol. The number of thioether (sulfide) groups is 2. The third-order valence-electron chi connectivity index (χ3n) is 8.62. The summed E-state index contributed by atoms with van der Waals surface area (Å²) in [6.45, 7) is 7.95. The van der Waals surface area contributed by atoms with Gasteiger partial charge in [0, 0.05) is 36.6 Å². The molecule has 2 aliphatic heterocycles. The molecule has 0 unspecified atom stereocenters. The summed E-state index contributed by atoms with van der Waals surface area (Å²) in [6, 6.07) is 26.8. The Kier molecular flexibility index (Phi) is 8.99. The number of rotatable bonds is 8. The fourth-order valence-electron chi connectivity index (χ4n) is 6.30. The highest BCUT2D eigenvalue weighted by Crippen LogP contribution is 2.51. The molecule has 2 aliphatic rings. The molecule has 0 spiro atoms. The zero-order chi connectivity index (χ0) is 36.3. The second-order valence-corrected chi connectivity index (χ2v) is 16.6. The Morgan fingerprint density at radius 1 is 0.529 bits per heavy atom. The fourth-order valence-corrected chi connectivity index (χ4v) is 8.81. The van der Waals surface area contributed by atoms with Crippen LogP contribution in [0.15, 0.2) is 106 Å². The topological polar surface area (TPSA) is 127 Å². The summed E-state index contributed by atoms with van der Waals surface area (Å²) in [4.78, 5) is 60.4. The van der Waals surface area contributed by atoms with E-state index in [1.165, 1.54) is 33.3 Å². The van der Waals surface area contributed by atoms with E-state index in [0.29, 0.717) is 43.0 Å². The summed E-state index contributed by atoms with van der Waals surface area (Å²) in [5, 5.41) is 0.0212. The van der Waals surface area contributed by atoms with Gasteiger partial charge in [0.05, 0.1) is 33.6 Å². The van der Waals surface area contributed by atoms with Crippen molar-refractivity contribution in [1.82, 2.24) is 0 Å². The molecule has 4 N–H and O–H groups in total. The van der Waals surface area contributed by atoms with Crippen LogP contribution in [0.4, 0.5) is 22.7 Å². The zero-order valence-electron chi connectivity index (χ0n) is 28.3. The Bertz CT molecular complexity index is 2290. The molecule has 0 aliphatic carbocycles. The summed E-state index contributed by atoms with van der Waals surface area (Å²) < 4.78 is 0. The molecular weight excluding hydrogens is 697 g/mol. The van der Waals surface area contributed by atoms with Gasteiger partial charge in [0.2, 0.25) is 0 Å². The molecule has 0 saturated carbocycles. The Labute approximate surface area is 310 Å². The molecule has 0 fully saturated rings. The van der Waals surface area contributed by atoms with Gasteiger partial charge in [0.1, 0.15) is 0 Å². The summed E-state index contributed by atoms with van der Waals surface area (Å²) >= 11 is 7.83. The molecule has 5 aromatic carbocycles. The van der Waals surface area contributed by atoms with Crippen molar-refractivity contribution >= 4 is 82.5 Å². The fraction of sp³-hybridized carbons (Fsp3) is 0.150. The minimum atomic E-state index is -0.475. The molecule has 5 aromatic rings.